The second-order valence-corrected chi connectivity index (χ2v) is 4.82. The zero-order valence-corrected chi connectivity index (χ0v) is 12.3. The van der Waals surface area contributed by atoms with Crippen molar-refractivity contribution in [3.63, 3.8) is 0 Å². The van der Waals surface area contributed by atoms with Gasteiger partial charge in [0.05, 0.1) is 5.03 Å². The van der Waals surface area contributed by atoms with Gasteiger partial charge in [-0.3, -0.25) is 0 Å². The van der Waals surface area contributed by atoms with Crippen molar-refractivity contribution < 1.29 is 4.52 Å². The molecule has 2 rings (SSSR count). The Morgan fingerprint density at radius 3 is 2.75 bits per heavy atom. The molecule has 0 saturated carbocycles. The summed E-state index contributed by atoms with van der Waals surface area (Å²) in [6.07, 6.45) is 1.88. The van der Waals surface area contributed by atoms with Crippen LogP contribution in [-0.4, -0.2) is 23.4 Å². The molecule has 6 heteroatoms. The van der Waals surface area contributed by atoms with E-state index in [2.05, 4.69) is 21.5 Å². The lowest BCUT2D eigenvalue weighted by molar-refractivity contribution is 0.409. The van der Waals surface area contributed by atoms with Crippen LogP contribution >= 0.6 is 11.8 Å². The molecule has 0 atom stereocenters. The van der Waals surface area contributed by atoms with E-state index in [4.69, 9.17) is 4.52 Å². The first-order valence-electron chi connectivity index (χ1n) is 5.97. The quantitative estimate of drug-likeness (QED) is 0.871. The summed E-state index contributed by atoms with van der Waals surface area (Å²) < 4.78 is 5.22. The second kappa shape index (κ2) is 6.26. The topological polar surface area (TPSA) is 74.7 Å². The number of thioether (sulfide) groups is 1. The van der Waals surface area contributed by atoms with Crippen LogP contribution in [0.2, 0.25) is 0 Å². The normalized spacial score (nSPS) is 11.7. The highest BCUT2D eigenvalue weighted by Crippen LogP contribution is 2.25. The number of benzene rings is 1. The molecule has 102 valence electrons. The van der Waals surface area contributed by atoms with Gasteiger partial charge in [0.15, 0.2) is 0 Å². The molecule has 0 unspecified atom stereocenters. The Bertz CT molecular complexity index is 678. The summed E-state index contributed by atoms with van der Waals surface area (Å²) in [5.74, 6) is 0.715. The molecule has 1 heterocycles. The van der Waals surface area contributed by atoms with Crippen LogP contribution in [0.5, 0.6) is 0 Å². The number of rotatable bonds is 4. The minimum Gasteiger partial charge on any atom is -0.382 e. The average molecular weight is 286 g/mol. The molecule has 0 spiro atoms. The minimum atomic E-state index is 0.226. The summed E-state index contributed by atoms with van der Waals surface area (Å²) in [6, 6.07) is 9.87. The molecule has 0 aliphatic heterocycles. The third kappa shape index (κ3) is 2.68. The van der Waals surface area contributed by atoms with Gasteiger partial charge in [0.1, 0.15) is 11.6 Å². The Morgan fingerprint density at radius 2 is 2.15 bits per heavy atom. The highest BCUT2D eigenvalue weighted by molar-refractivity contribution is 8.02. The Morgan fingerprint density at radius 1 is 1.40 bits per heavy atom. The number of allylic oxidation sites excluding steroid dienone is 1. The fourth-order valence-electron chi connectivity index (χ4n) is 1.78. The largest absolute Gasteiger partial charge is 0.382 e. The van der Waals surface area contributed by atoms with Gasteiger partial charge in [-0.2, -0.15) is 10.2 Å². The zero-order chi connectivity index (χ0) is 14.5. The van der Waals surface area contributed by atoms with Crippen LogP contribution in [-0.2, 0) is 0 Å². The van der Waals surface area contributed by atoms with Crippen molar-refractivity contribution in [2.45, 2.75) is 6.92 Å². The number of hydrogen-bond donors (Lipinski definition) is 1. The van der Waals surface area contributed by atoms with E-state index in [9.17, 15) is 5.26 Å². The van der Waals surface area contributed by atoms with Crippen LogP contribution < -0.4 is 5.32 Å². The molecular formula is C14H14N4OS. The van der Waals surface area contributed by atoms with Gasteiger partial charge in [-0.1, -0.05) is 29.4 Å². The van der Waals surface area contributed by atoms with E-state index in [1.165, 1.54) is 11.8 Å². The Hall–Kier alpha value is -2.26. The zero-order valence-electron chi connectivity index (χ0n) is 11.5. The number of nitrogens with one attached hydrogen (secondary N) is 1. The fraction of sp³-hybridized carbons (Fsp3) is 0.214. The molecule has 20 heavy (non-hydrogen) atoms. The summed E-state index contributed by atoms with van der Waals surface area (Å²) in [4.78, 5) is 4.32. The summed E-state index contributed by atoms with van der Waals surface area (Å²) in [7, 11) is 1.75. The van der Waals surface area contributed by atoms with Crippen molar-refractivity contribution >= 4 is 17.3 Å². The molecule has 1 aromatic carbocycles. The molecule has 1 N–H and O–H groups in total. The molecule has 0 fully saturated rings. The van der Waals surface area contributed by atoms with E-state index in [1.807, 2.05) is 37.4 Å². The van der Waals surface area contributed by atoms with Gasteiger partial charge in [-0.05, 0) is 18.7 Å². The van der Waals surface area contributed by atoms with Gasteiger partial charge in [-0.15, -0.1) is 11.8 Å². The van der Waals surface area contributed by atoms with Crippen molar-refractivity contribution in [2.24, 2.45) is 0 Å². The second-order valence-electron chi connectivity index (χ2n) is 4.01. The molecular weight excluding hydrogens is 272 g/mol. The van der Waals surface area contributed by atoms with E-state index in [-0.39, 0.29) is 5.89 Å². The minimum absolute atomic E-state index is 0.226. The SMILES string of the molecule is CN/C(SC)=C(/C#N)c1nc(-c2ccccc2C)no1. The maximum absolute atomic E-state index is 9.26. The molecule has 0 saturated heterocycles. The average Bonchev–Trinajstić information content (AvgIpc) is 2.94. The molecule has 0 aliphatic rings. The molecule has 1 aromatic heterocycles. The van der Waals surface area contributed by atoms with Crippen LogP contribution in [0.1, 0.15) is 11.5 Å². The van der Waals surface area contributed by atoms with Crippen LogP contribution in [0, 0.1) is 18.3 Å². The number of nitriles is 1. The van der Waals surface area contributed by atoms with Gasteiger partial charge < -0.3 is 9.84 Å². The van der Waals surface area contributed by atoms with E-state index in [1.54, 1.807) is 7.05 Å². The van der Waals surface area contributed by atoms with Crippen molar-refractivity contribution in [2.75, 3.05) is 13.3 Å². The van der Waals surface area contributed by atoms with E-state index < -0.39 is 0 Å². The number of nitrogens with zero attached hydrogens (tertiary/aromatic N) is 3. The predicted molar refractivity (Wildman–Crippen MR) is 79.6 cm³/mol. The molecule has 0 aliphatic carbocycles. The van der Waals surface area contributed by atoms with Crippen molar-refractivity contribution in [3.05, 3.63) is 40.7 Å². The number of aryl methyl sites for hydroxylation is 1. The maximum Gasteiger partial charge on any atom is 0.271 e. The molecule has 0 bridgehead atoms. The molecule has 0 amide bonds. The lowest BCUT2D eigenvalue weighted by atomic mass is 10.1. The van der Waals surface area contributed by atoms with Gasteiger partial charge in [-0.25, -0.2) is 0 Å². The third-order valence-corrected chi connectivity index (χ3v) is 3.61. The van der Waals surface area contributed by atoms with E-state index in [0.717, 1.165) is 11.1 Å². The molecule has 2 aromatic rings. The van der Waals surface area contributed by atoms with Gasteiger partial charge in [0.25, 0.3) is 5.89 Å². The first kappa shape index (κ1) is 14.2. The Labute approximate surface area is 121 Å². The third-order valence-electron chi connectivity index (χ3n) is 2.80. The first-order valence-corrected chi connectivity index (χ1v) is 7.20. The Kier molecular flexibility index (Phi) is 4.43. The predicted octanol–water partition coefficient (Wildman–Crippen LogP) is 2.82. The lowest BCUT2D eigenvalue weighted by Gasteiger charge is -2.02. The summed E-state index contributed by atoms with van der Waals surface area (Å²) in [5.41, 5.74) is 2.31. The first-order chi connectivity index (χ1) is 9.71. The van der Waals surface area contributed by atoms with Crippen LogP contribution in [0.15, 0.2) is 33.8 Å². The van der Waals surface area contributed by atoms with Crippen molar-refractivity contribution in [1.82, 2.24) is 15.5 Å². The molecule has 0 radical (unpaired) electrons. The smallest absolute Gasteiger partial charge is 0.271 e. The molecule has 5 nitrogen and oxygen atoms in total. The standard InChI is InChI=1S/C14H14N4OS/c1-9-6-4-5-7-10(9)12-17-13(19-18-12)11(8-15)14(16-2)20-3/h4-7,16H,1-3H3/b14-11+. The summed E-state index contributed by atoms with van der Waals surface area (Å²) in [5, 5.41) is 16.9. The van der Waals surface area contributed by atoms with Crippen molar-refractivity contribution in [3.8, 4) is 17.5 Å². The monoisotopic (exact) mass is 286 g/mol. The van der Waals surface area contributed by atoms with Crippen LogP contribution in [0.4, 0.5) is 0 Å². The summed E-state index contributed by atoms with van der Waals surface area (Å²) >= 11 is 1.42. The number of hydrogen-bond acceptors (Lipinski definition) is 6. The van der Waals surface area contributed by atoms with Gasteiger partial charge in [0.2, 0.25) is 5.82 Å². The highest BCUT2D eigenvalue weighted by atomic mass is 32.2. The van der Waals surface area contributed by atoms with E-state index in [0.29, 0.717) is 16.4 Å². The fourth-order valence-corrected chi connectivity index (χ4v) is 2.32. The van der Waals surface area contributed by atoms with E-state index >= 15 is 0 Å². The summed E-state index contributed by atoms with van der Waals surface area (Å²) in [6.45, 7) is 1.98. The lowest BCUT2D eigenvalue weighted by Crippen LogP contribution is -2.05. The highest BCUT2D eigenvalue weighted by Gasteiger charge is 2.17. The van der Waals surface area contributed by atoms with Gasteiger partial charge in [0, 0.05) is 12.6 Å². The number of aromatic nitrogens is 2. The van der Waals surface area contributed by atoms with Crippen LogP contribution in [0.3, 0.4) is 0 Å². The van der Waals surface area contributed by atoms with Crippen LogP contribution in [0.25, 0.3) is 17.0 Å². The van der Waals surface area contributed by atoms with Gasteiger partial charge >= 0.3 is 0 Å². The van der Waals surface area contributed by atoms with Crippen molar-refractivity contribution in [1.29, 1.82) is 5.26 Å². The Balaban J connectivity index is 2.47. The maximum atomic E-state index is 9.26.